The summed E-state index contributed by atoms with van der Waals surface area (Å²) in [6.45, 7) is 1.98. The standard InChI is InChI=1S/C12H17N5/c1-16(10-2-3-10)8-6-13-12-11-4-5-15-17(11)9-7-14-12/h4-5,7,9-10H,2-3,6,8H2,1H3,(H,13,14). The van der Waals surface area contributed by atoms with Gasteiger partial charge in [-0.2, -0.15) is 5.10 Å². The van der Waals surface area contributed by atoms with E-state index in [0.29, 0.717) is 0 Å². The van der Waals surface area contributed by atoms with Crippen LogP contribution in [-0.4, -0.2) is 45.7 Å². The number of hydrogen-bond donors (Lipinski definition) is 1. The fourth-order valence-electron chi connectivity index (χ4n) is 2.04. The lowest BCUT2D eigenvalue weighted by Crippen LogP contribution is -2.27. The van der Waals surface area contributed by atoms with Crippen LogP contribution in [0.5, 0.6) is 0 Å². The van der Waals surface area contributed by atoms with Gasteiger partial charge in [0.2, 0.25) is 0 Å². The first kappa shape index (κ1) is 10.5. The molecule has 0 aliphatic heterocycles. The lowest BCUT2D eigenvalue weighted by atomic mass is 10.4. The second kappa shape index (κ2) is 4.33. The van der Waals surface area contributed by atoms with Crippen LogP contribution in [0, 0.1) is 0 Å². The van der Waals surface area contributed by atoms with Gasteiger partial charge < -0.3 is 10.2 Å². The summed E-state index contributed by atoms with van der Waals surface area (Å²) in [4.78, 5) is 6.75. The SMILES string of the molecule is CN(CCNc1nccn2nccc12)C1CC1. The van der Waals surface area contributed by atoms with Gasteiger partial charge in [0, 0.05) is 31.5 Å². The largest absolute Gasteiger partial charge is 0.367 e. The summed E-state index contributed by atoms with van der Waals surface area (Å²) in [5.41, 5.74) is 1.03. The number of rotatable bonds is 5. The molecule has 1 aliphatic carbocycles. The highest BCUT2D eigenvalue weighted by atomic mass is 15.2. The molecule has 90 valence electrons. The minimum atomic E-state index is 0.815. The molecule has 1 aliphatic rings. The Hall–Kier alpha value is -1.62. The fraction of sp³-hybridized carbons (Fsp3) is 0.500. The lowest BCUT2D eigenvalue weighted by molar-refractivity contribution is 0.337. The molecule has 2 heterocycles. The molecule has 0 radical (unpaired) electrons. The van der Waals surface area contributed by atoms with Crippen LogP contribution in [0.1, 0.15) is 12.8 Å². The van der Waals surface area contributed by atoms with Crippen molar-refractivity contribution in [3.05, 3.63) is 24.7 Å². The maximum atomic E-state index is 4.35. The minimum Gasteiger partial charge on any atom is -0.367 e. The van der Waals surface area contributed by atoms with Gasteiger partial charge in [-0.1, -0.05) is 0 Å². The summed E-state index contributed by atoms with van der Waals surface area (Å²) in [5, 5.41) is 7.56. The molecule has 17 heavy (non-hydrogen) atoms. The predicted octanol–water partition coefficient (Wildman–Crippen LogP) is 1.24. The van der Waals surface area contributed by atoms with Gasteiger partial charge in [-0.3, -0.25) is 0 Å². The molecule has 0 aromatic carbocycles. The molecule has 0 amide bonds. The number of nitrogens with zero attached hydrogens (tertiary/aromatic N) is 4. The third-order valence-electron chi connectivity index (χ3n) is 3.25. The summed E-state index contributed by atoms with van der Waals surface area (Å²) in [6.07, 6.45) is 8.13. The molecule has 0 saturated heterocycles. The second-order valence-corrected chi connectivity index (χ2v) is 4.58. The van der Waals surface area contributed by atoms with Crippen molar-refractivity contribution in [1.82, 2.24) is 19.5 Å². The Labute approximate surface area is 100 Å². The highest BCUT2D eigenvalue weighted by molar-refractivity contribution is 5.66. The summed E-state index contributed by atoms with van der Waals surface area (Å²) in [6, 6.07) is 2.79. The molecule has 0 unspecified atom stereocenters. The van der Waals surface area contributed by atoms with Crippen LogP contribution in [0.2, 0.25) is 0 Å². The highest BCUT2D eigenvalue weighted by Crippen LogP contribution is 2.24. The average Bonchev–Trinajstić information content (AvgIpc) is 3.07. The first-order valence-corrected chi connectivity index (χ1v) is 6.07. The Bertz CT molecular complexity index is 502. The van der Waals surface area contributed by atoms with E-state index < -0.39 is 0 Å². The summed E-state index contributed by atoms with van der Waals surface area (Å²) in [5.74, 6) is 0.911. The van der Waals surface area contributed by atoms with E-state index in [1.54, 1.807) is 12.4 Å². The van der Waals surface area contributed by atoms with Crippen molar-refractivity contribution in [3.8, 4) is 0 Å². The zero-order valence-corrected chi connectivity index (χ0v) is 10.0. The molecule has 2 aromatic heterocycles. The molecular formula is C12H17N5. The van der Waals surface area contributed by atoms with Crippen LogP contribution in [0.3, 0.4) is 0 Å². The Morgan fingerprint density at radius 3 is 3.18 bits per heavy atom. The van der Waals surface area contributed by atoms with Crippen LogP contribution < -0.4 is 5.32 Å². The van der Waals surface area contributed by atoms with E-state index in [9.17, 15) is 0 Å². The van der Waals surface area contributed by atoms with Crippen LogP contribution >= 0.6 is 0 Å². The van der Waals surface area contributed by atoms with Crippen LogP contribution in [0.25, 0.3) is 5.52 Å². The summed E-state index contributed by atoms with van der Waals surface area (Å²) < 4.78 is 1.83. The molecule has 0 atom stereocenters. The van der Waals surface area contributed by atoms with E-state index in [2.05, 4.69) is 27.3 Å². The summed E-state index contributed by atoms with van der Waals surface area (Å²) in [7, 11) is 2.19. The van der Waals surface area contributed by atoms with Gasteiger partial charge in [0.05, 0.1) is 6.20 Å². The third-order valence-corrected chi connectivity index (χ3v) is 3.25. The quantitative estimate of drug-likeness (QED) is 0.841. The number of likely N-dealkylation sites (N-methyl/N-ethyl adjacent to an activating group) is 1. The van der Waals surface area contributed by atoms with Gasteiger partial charge in [-0.25, -0.2) is 9.50 Å². The Kier molecular flexibility index (Phi) is 2.68. The van der Waals surface area contributed by atoms with E-state index in [4.69, 9.17) is 0 Å². The van der Waals surface area contributed by atoms with Crippen molar-refractivity contribution in [1.29, 1.82) is 0 Å². The van der Waals surface area contributed by atoms with Crippen molar-refractivity contribution in [2.75, 3.05) is 25.5 Å². The van der Waals surface area contributed by atoms with Crippen molar-refractivity contribution >= 4 is 11.3 Å². The van der Waals surface area contributed by atoms with Gasteiger partial charge in [0.25, 0.3) is 0 Å². The van der Waals surface area contributed by atoms with Crippen molar-refractivity contribution in [2.24, 2.45) is 0 Å². The normalized spacial score (nSPS) is 15.6. The Balaban J connectivity index is 1.62. The van der Waals surface area contributed by atoms with Crippen LogP contribution in [0.15, 0.2) is 24.7 Å². The van der Waals surface area contributed by atoms with E-state index >= 15 is 0 Å². The first-order valence-electron chi connectivity index (χ1n) is 6.07. The summed E-state index contributed by atoms with van der Waals surface area (Å²) >= 11 is 0. The molecule has 1 fully saturated rings. The van der Waals surface area contributed by atoms with Crippen molar-refractivity contribution < 1.29 is 0 Å². The lowest BCUT2D eigenvalue weighted by Gasteiger charge is -2.16. The molecule has 2 aromatic rings. The average molecular weight is 231 g/mol. The molecule has 0 bridgehead atoms. The maximum Gasteiger partial charge on any atom is 0.152 e. The molecule has 3 rings (SSSR count). The molecular weight excluding hydrogens is 214 g/mol. The van der Waals surface area contributed by atoms with Gasteiger partial charge in [-0.05, 0) is 26.0 Å². The monoisotopic (exact) mass is 231 g/mol. The van der Waals surface area contributed by atoms with Crippen molar-refractivity contribution in [2.45, 2.75) is 18.9 Å². The van der Waals surface area contributed by atoms with E-state index in [-0.39, 0.29) is 0 Å². The minimum absolute atomic E-state index is 0.815. The number of hydrogen-bond acceptors (Lipinski definition) is 4. The molecule has 1 saturated carbocycles. The number of fused-ring (bicyclic) bond motifs is 1. The van der Waals surface area contributed by atoms with Gasteiger partial charge >= 0.3 is 0 Å². The molecule has 1 N–H and O–H groups in total. The first-order chi connectivity index (χ1) is 8.34. The zero-order chi connectivity index (χ0) is 11.7. The highest BCUT2D eigenvalue weighted by Gasteiger charge is 2.25. The second-order valence-electron chi connectivity index (χ2n) is 4.58. The molecule has 5 heteroatoms. The van der Waals surface area contributed by atoms with E-state index in [1.165, 1.54) is 12.8 Å². The third kappa shape index (κ3) is 2.24. The van der Waals surface area contributed by atoms with Gasteiger partial charge in [-0.15, -0.1) is 0 Å². The van der Waals surface area contributed by atoms with Crippen LogP contribution in [0.4, 0.5) is 5.82 Å². The smallest absolute Gasteiger partial charge is 0.152 e. The predicted molar refractivity (Wildman–Crippen MR) is 67.1 cm³/mol. The maximum absolute atomic E-state index is 4.35. The number of anilines is 1. The van der Waals surface area contributed by atoms with Gasteiger partial charge in [0.1, 0.15) is 5.52 Å². The Morgan fingerprint density at radius 1 is 1.47 bits per heavy atom. The fourth-order valence-corrected chi connectivity index (χ4v) is 2.04. The van der Waals surface area contributed by atoms with Crippen LogP contribution in [-0.2, 0) is 0 Å². The van der Waals surface area contributed by atoms with Crippen molar-refractivity contribution in [3.63, 3.8) is 0 Å². The molecule has 5 nitrogen and oxygen atoms in total. The van der Waals surface area contributed by atoms with E-state index in [1.807, 2.05) is 16.8 Å². The number of aromatic nitrogens is 3. The molecule has 0 spiro atoms. The van der Waals surface area contributed by atoms with Gasteiger partial charge in [0.15, 0.2) is 5.82 Å². The number of nitrogens with one attached hydrogen (secondary N) is 1. The van der Waals surface area contributed by atoms with E-state index in [0.717, 1.165) is 30.5 Å². The topological polar surface area (TPSA) is 45.5 Å². The Morgan fingerprint density at radius 2 is 2.35 bits per heavy atom. The zero-order valence-electron chi connectivity index (χ0n) is 10.0.